The molecule has 8 nitrogen and oxygen atoms in total. The third-order valence-electron chi connectivity index (χ3n) is 3.97. The lowest BCUT2D eigenvalue weighted by molar-refractivity contribution is 0.0597. The minimum absolute atomic E-state index is 0.0276. The van der Waals surface area contributed by atoms with Crippen molar-refractivity contribution in [3.05, 3.63) is 22.5 Å². The van der Waals surface area contributed by atoms with Gasteiger partial charge in [-0.05, 0) is 12.1 Å². The van der Waals surface area contributed by atoms with E-state index in [1.54, 1.807) is 0 Å². The number of nitrogens with zero attached hydrogens (tertiary/aromatic N) is 2. The molecule has 0 aliphatic heterocycles. The van der Waals surface area contributed by atoms with Crippen molar-refractivity contribution in [1.29, 1.82) is 0 Å². The number of rotatable bonds is 8. The van der Waals surface area contributed by atoms with E-state index in [0.717, 1.165) is 6.04 Å². The highest BCUT2D eigenvalue weighted by Crippen LogP contribution is 2.36. The van der Waals surface area contributed by atoms with Crippen molar-refractivity contribution in [3.63, 3.8) is 0 Å². The summed E-state index contributed by atoms with van der Waals surface area (Å²) in [5.74, 6) is -1.24. The van der Waals surface area contributed by atoms with Crippen molar-refractivity contribution in [2.75, 3.05) is 20.8 Å². The number of fused-ring (bicyclic) bond motifs is 1. The molecule has 0 radical (unpaired) electrons. The van der Waals surface area contributed by atoms with E-state index in [1.165, 1.54) is 24.9 Å². The number of methoxy groups -OCH3 is 2. The van der Waals surface area contributed by atoms with Gasteiger partial charge in [0.05, 0.1) is 24.8 Å². The van der Waals surface area contributed by atoms with Crippen LogP contribution in [0.15, 0.2) is 6.07 Å². The number of aromatic nitrogens is 2. The number of imidazole rings is 1. The quantitative estimate of drug-likeness (QED) is 0.405. The van der Waals surface area contributed by atoms with Crippen LogP contribution in [0.4, 0.5) is 0 Å². The van der Waals surface area contributed by atoms with Gasteiger partial charge in [0.1, 0.15) is 17.8 Å². The summed E-state index contributed by atoms with van der Waals surface area (Å²) in [5.41, 5.74) is 6.23. The summed E-state index contributed by atoms with van der Waals surface area (Å²) < 4.78 is 17.3. The smallest absolute Gasteiger partial charge is 0.341 e. The lowest BCUT2D eigenvalue weighted by Crippen LogP contribution is -2.23. The number of hydrogen-bond acceptors (Lipinski definition) is 6. The molecule has 0 saturated heterocycles. The van der Waals surface area contributed by atoms with Gasteiger partial charge in [-0.15, -0.1) is 0 Å². The predicted molar refractivity (Wildman–Crippen MR) is 105 cm³/mol. The number of nitrogens with two attached hydrogens (primary N) is 1. The molecule has 148 valence electrons. The first-order chi connectivity index (χ1) is 12.6. The molecule has 1 heterocycles. The molecule has 27 heavy (non-hydrogen) atoms. The largest absolute Gasteiger partial charge is 0.493 e. The number of halogens is 1. The molecule has 0 fully saturated rings. The van der Waals surface area contributed by atoms with Gasteiger partial charge in [0.15, 0.2) is 5.75 Å². The van der Waals surface area contributed by atoms with E-state index in [9.17, 15) is 9.59 Å². The van der Waals surface area contributed by atoms with Gasteiger partial charge in [0.25, 0.3) is 5.91 Å². The second-order valence-corrected chi connectivity index (χ2v) is 13.2. The fraction of sp³-hybridized carbons (Fsp3) is 0.471. The Morgan fingerprint density at radius 3 is 2.48 bits per heavy atom. The van der Waals surface area contributed by atoms with Gasteiger partial charge in [0.2, 0.25) is 5.82 Å². The van der Waals surface area contributed by atoms with E-state index >= 15 is 0 Å². The molecular weight excluding hydrogens is 390 g/mol. The third kappa shape index (κ3) is 4.60. The zero-order valence-electron chi connectivity index (χ0n) is 16.1. The highest BCUT2D eigenvalue weighted by molar-refractivity contribution is 6.76. The molecule has 2 rings (SSSR count). The van der Waals surface area contributed by atoms with Crippen molar-refractivity contribution in [1.82, 2.24) is 9.55 Å². The van der Waals surface area contributed by atoms with Gasteiger partial charge < -0.3 is 19.9 Å². The highest BCUT2D eigenvalue weighted by atomic mass is 35.5. The zero-order chi connectivity index (χ0) is 20.4. The molecule has 2 aromatic rings. The summed E-state index contributed by atoms with van der Waals surface area (Å²) in [5, 5.41) is 0.208. The number of hydrogen-bond donors (Lipinski definition) is 1. The average molecular weight is 414 g/mol. The normalized spacial score (nSPS) is 11.6. The number of primary amides is 1. The Kier molecular flexibility index (Phi) is 6.50. The maximum atomic E-state index is 12.0. The van der Waals surface area contributed by atoms with Crippen LogP contribution >= 0.6 is 11.6 Å². The monoisotopic (exact) mass is 413 g/mol. The SMILES string of the molecule is COC(=O)c1cc(Cl)c2c(nc(C(N)=O)n2COCC[Si](C)(C)C)c1OC. The van der Waals surface area contributed by atoms with Crippen LogP contribution in [0.1, 0.15) is 21.0 Å². The molecule has 1 aromatic carbocycles. The third-order valence-corrected chi connectivity index (χ3v) is 5.96. The summed E-state index contributed by atoms with van der Waals surface area (Å²) in [6, 6.07) is 2.38. The van der Waals surface area contributed by atoms with Crippen LogP contribution in [-0.4, -0.2) is 50.3 Å². The Morgan fingerprint density at radius 1 is 1.30 bits per heavy atom. The first-order valence-corrected chi connectivity index (χ1v) is 12.4. The molecule has 1 amide bonds. The molecular formula is C17H24ClN3O5Si. The van der Waals surface area contributed by atoms with E-state index in [-0.39, 0.29) is 34.4 Å². The van der Waals surface area contributed by atoms with Crippen molar-refractivity contribution in [3.8, 4) is 5.75 Å². The summed E-state index contributed by atoms with van der Waals surface area (Å²) >= 11 is 6.38. The minimum atomic E-state index is -1.26. The lowest BCUT2D eigenvalue weighted by atomic mass is 10.1. The number of carbonyl (C=O) groups excluding carboxylic acids is 2. The van der Waals surface area contributed by atoms with Crippen LogP contribution in [0.2, 0.25) is 30.7 Å². The molecule has 10 heteroatoms. The summed E-state index contributed by atoms with van der Waals surface area (Å²) in [6.07, 6.45) is 0. The topological polar surface area (TPSA) is 106 Å². The zero-order valence-corrected chi connectivity index (χ0v) is 17.8. The Hall–Kier alpha value is -2.10. The van der Waals surface area contributed by atoms with Gasteiger partial charge in [-0.2, -0.15) is 0 Å². The van der Waals surface area contributed by atoms with Crippen LogP contribution in [-0.2, 0) is 16.2 Å². The first kappa shape index (κ1) is 21.2. The fourth-order valence-electron chi connectivity index (χ4n) is 2.56. The molecule has 0 unspecified atom stereocenters. The molecule has 2 N–H and O–H groups in total. The van der Waals surface area contributed by atoms with E-state index in [2.05, 4.69) is 24.6 Å². The van der Waals surface area contributed by atoms with Gasteiger partial charge >= 0.3 is 5.97 Å². The minimum Gasteiger partial charge on any atom is -0.493 e. The Labute approximate surface area is 163 Å². The van der Waals surface area contributed by atoms with Crippen molar-refractivity contribution in [2.45, 2.75) is 32.4 Å². The van der Waals surface area contributed by atoms with Gasteiger partial charge in [0, 0.05) is 14.7 Å². The Bertz CT molecular complexity index is 876. The molecule has 0 aliphatic carbocycles. The molecule has 0 bridgehead atoms. The summed E-state index contributed by atoms with van der Waals surface area (Å²) in [4.78, 5) is 28.1. The predicted octanol–water partition coefficient (Wildman–Crippen LogP) is 2.90. The first-order valence-electron chi connectivity index (χ1n) is 8.33. The van der Waals surface area contributed by atoms with Gasteiger partial charge in [-0.1, -0.05) is 31.2 Å². The fourth-order valence-corrected chi connectivity index (χ4v) is 3.62. The number of benzene rings is 1. The molecule has 0 saturated carbocycles. The standard InChI is InChI=1S/C17H24ClN3O5Si/c1-24-14-10(17(23)25-2)8-11(18)13-12(14)20-16(15(19)22)21(13)9-26-6-7-27(3,4)5/h8H,6-7,9H2,1-5H3,(H2,19,22). The van der Waals surface area contributed by atoms with Crippen molar-refractivity contribution < 1.29 is 23.8 Å². The Morgan fingerprint density at radius 2 is 1.96 bits per heavy atom. The Balaban J connectivity index is 2.54. The maximum absolute atomic E-state index is 12.0. The van der Waals surface area contributed by atoms with Gasteiger partial charge in [-0.25, -0.2) is 9.78 Å². The highest BCUT2D eigenvalue weighted by Gasteiger charge is 2.26. The summed E-state index contributed by atoms with van der Waals surface area (Å²) in [7, 11) is 1.38. The summed E-state index contributed by atoms with van der Waals surface area (Å²) in [6.45, 7) is 7.33. The van der Waals surface area contributed by atoms with Gasteiger partial charge in [-0.3, -0.25) is 9.36 Å². The molecule has 1 aromatic heterocycles. The molecule has 0 spiro atoms. The molecule has 0 aliphatic rings. The number of amides is 1. The number of carbonyl (C=O) groups is 2. The van der Waals surface area contributed by atoms with Crippen LogP contribution < -0.4 is 10.5 Å². The van der Waals surface area contributed by atoms with E-state index in [4.69, 9.17) is 31.5 Å². The van der Waals surface area contributed by atoms with Crippen LogP contribution in [0.5, 0.6) is 5.75 Å². The van der Waals surface area contributed by atoms with Crippen LogP contribution in [0, 0.1) is 0 Å². The second kappa shape index (κ2) is 8.28. The molecule has 0 atom stereocenters. The van der Waals surface area contributed by atoms with Crippen molar-refractivity contribution >= 4 is 42.6 Å². The number of esters is 1. The van der Waals surface area contributed by atoms with Crippen molar-refractivity contribution in [2.24, 2.45) is 5.73 Å². The van der Waals surface area contributed by atoms with Crippen LogP contribution in [0.3, 0.4) is 0 Å². The maximum Gasteiger partial charge on any atom is 0.341 e. The van der Waals surface area contributed by atoms with E-state index in [1.807, 2.05) is 0 Å². The van der Waals surface area contributed by atoms with E-state index in [0.29, 0.717) is 12.1 Å². The van der Waals surface area contributed by atoms with E-state index < -0.39 is 20.0 Å². The van der Waals surface area contributed by atoms with Crippen LogP contribution in [0.25, 0.3) is 11.0 Å². The average Bonchev–Trinajstić information content (AvgIpc) is 2.97. The lowest BCUT2D eigenvalue weighted by Gasteiger charge is -2.16. The number of ether oxygens (including phenoxy) is 3. The second-order valence-electron chi connectivity index (χ2n) is 7.20.